The van der Waals surface area contributed by atoms with Gasteiger partial charge in [0.05, 0.1) is 6.04 Å². The third-order valence-electron chi connectivity index (χ3n) is 5.13. The van der Waals surface area contributed by atoms with Gasteiger partial charge in [0.1, 0.15) is 0 Å². The predicted octanol–water partition coefficient (Wildman–Crippen LogP) is 2.35. The lowest BCUT2D eigenvalue weighted by Gasteiger charge is -2.41. The monoisotopic (exact) mass is 320 g/mol. The van der Waals surface area contributed by atoms with Crippen LogP contribution in [-0.2, 0) is 4.79 Å². The Kier molecular flexibility index (Phi) is 4.99. The highest BCUT2D eigenvalue weighted by Gasteiger charge is 2.36. The van der Waals surface area contributed by atoms with E-state index in [4.69, 9.17) is 4.52 Å². The van der Waals surface area contributed by atoms with Crippen molar-refractivity contribution in [3.8, 4) is 0 Å². The topological polar surface area (TPSA) is 62.5 Å². The second-order valence-electron chi connectivity index (χ2n) is 7.14. The van der Waals surface area contributed by atoms with E-state index in [0.717, 1.165) is 51.1 Å². The van der Waals surface area contributed by atoms with Gasteiger partial charge in [0.15, 0.2) is 5.82 Å². The number of carbonyl (C=O) groups excluding carboxylic acids is 1. The van der Waals surface area contributed by atoms with E-state index in [0.29, 0.717) is 17.8 Å². The molecule has 0 N–H and O–H groups in total. The molecule has 0 saturated carbocycles. The van der Waals surface area contributed by atoms with E-state index in [2.05, 4.69) is 28.9 Å². The van der Waals surface area contributed by atoms with E-state index >= 15 is 0 Å². The van der Waals surface area contributed by atoms with Gasteiger partial charge in [-0.25, -0.2) is 0 Å². The average molecular weight is 320 g/mol. The Hall–Kier alpha value is -1.43. The molecule has 2 aliphatic rings. The zero-order valence-corrected chi connectivity index (χ0v) is 14.5. The minimum Gasteiger partial charge on any atom is -0.341 e. The van der Waals surface area contributed by atoms with E-state index < -0.39 is 0 Å². The van der Waals surface area contributed by atoms with Gasteiger partial charge in [0, 0.05) is 32.0 Å². The quantitative estimate of drug-likeness (QED) is 0.855. The highest BCUT2D eigenvalue weighted by atomic mass is 16.5. The standard InChI is InChI=1S/C17H28N4O2/c1-12(2)21-10-5-4-8-15(21)17(22)20-9-6-7-14(11-20)16-18-13(3)23-19-16/h12,14-15H,4-11H2,1-3H3/t14-,15-/m0/s1. The lowest BCUT2D eigenvalue weighted by molar-refractivity contribution is -0.140. The highest BCUT2D eigenvalue weighted by Crippen LogP contribution is 2.28. The molecule has 0 unspecified atom stereocenters. The summed E-state index contributed by atoms with van der Waals surface area (Å²) < 4.78 is 5.11. The first-order chi connectivity index (χ1) is 11.1. The molecule has 3 rings (SSSR count). The van der Waals surface area contributed by atoms with Crippen LogP contribution >= 0.6 is 0 Å². The third kappa shape index (κ3) is 3.57. The van der Waals surface area contributed by atoms with Crippen molar-refractivity contribution in [3.05, 3.63) is 11.7 Å². The molecule has 2 aliphatic heterocycles. The van der Waals surface area contributed by atoms with Crippen LogP contribution in [0.3, 0.4) is 0 Å². The van der Waals surface area contributed by atoms with E-state index in [1.54, 1.807) is 0 Å². The van der Waals surface area contributed by atoms with Gasteiger partial charge in [-0.1, -0.05) is 11.6 Å². The maximum atomic E-state index is 13.1. The van der Waals surface area contributed by atoms with Gasteiger partial charge in [-0.2, -0.15) is 4.98 Å². The van der Waals surface area contributed by atoms with Crippen molar-refractivity contribution in [2.24, 2.45) is 0 Å². The zero-order chi connectivity index (χ0) is 16.4. The Labute approximate surface area is 138 Å². The molecule has 2 fully saturated rings. The number of hydrogen-bond acceptors (Lipinski definition) is 5. The molecule has 0 bridgehead atoms. The molecule has 128 valence electrons. The summed E-state index contributed by atoms with van der Waals surface area (Å²) in [5.74, 6) is 1.86. The van der Waals surface area contributed by atoms with Gasteiger partial charge in [0.2, 0.25) is 11.8 Å². The number of nitrogens with zero attached hydrogens (tertiary/aromatic N) is 4. The maximum absolute atomic E-state index is 13.1. The van der Waals surface area contributed by atoms with E-state index in [1.165, 1.54) is 6.42 Å². The van der Waals surface area contributed by atoms with Crippen LogP contribution in [0.25, 0.3) is 0 Å². The summed E-state index contributed by atoms with van der Waals surface area (Å²) >= 11 is 0. The molecule has 0 radical (unpaired) electrons. The van der Waals surface area contributed by atoms with Crippen molar-refractivity contribution < 1.29 is 9.32 Å². The second kappa shape index (κ2) is 6.99. The van der Waals surface area contributed by atoms with Crippen molar-refractivity contribution in [1.82, 2.24) is 19.9 Å². The Bertz CT molecular complexity index is 542. The molecular weight excluding hydrogens is 292 g/mol. The zero-order valence-electron chi connectivity index (χ0n) is 14.5. The smallest absolute Gasteiger partial charge is 0.239 e. The number of hydrogen-bond donors (Lipinski definition) is 0. The number of piperidine rings is 2. The van der Waals surface area contributed by atoms with Crippen LogP contribution in [0.5, 0.6) is 0 Å². The van der Waals surface area contributed by atoms with Crippen LogP contribution in [0.1, 0.15) is 63.6 Å². The van der Waals surface area contributed by atoms with Crippen molar-refractivity contribution in [2.45, 2.75) is 70.9 Å². The van der Waals surface area contributed by atoms with Gasteiger partial charge >= 0.3 is 0 Å². The highest BCUT2D eigenvalue weighted by molar-refractivity contribution is 5.82. The molecule has 2 atom stereocenters. The van der Waals surface area contributed by atoms with Crippen LogP contribution in [-0.4, -0.2) is 57.6 Å². The summed E-state index contributed by atoms with van der Waals surface area (Å²) in [4.78, 5) is 21.8. The van der Waals surface area contributed by atoms with Crippen LogP contribution in [0.15, 0.2) is 4.52 Å². The summed E-state index contributed by atoms with van der Waals surface area (Å²) in [7, 11) is 0. The number of amides is 1. The molecule has 1 aromatic rings. The number of aryl methyl sites for hydroxylation is 1. The minimum absolute atomic E-state index is 0.0505. The van der Waals surface area contributed by atoms with Crippen LogP contribution < -0.4 is 0 Å². The Morgan fingerprint density at radius 2 is 2.04 bits per heavy atom. The number of carbonyl (C=O) groups is 1. The lowest BCUT2D eigenvalue weighted by Crippen LogP contribution is -2.54. The molecule has 0 aliphatic carbocycles. The first-order valence-corrected chi connectivity index (χ1v) is 8.91. The summed E-state index contributed by atoms with van der Waals surface area (Å²) in [6.07, 6.45) is 5.38. The van der Waals surface area contributed by atoms with E-state index in [9.17, 15) is 4.79 Å². The van der Waals surface area contributed by atoms with Crippen molar-refractivity contribution in [1.29, 1.82) is 0 Å². The molecule has 6 nitrogen and oxygen atoms in total. The Balaban J connectivity index is 1.68. The molecule has 2 saturated heterocycles. The third-order valence-corrected chi connectivity index (χ3v) is 5.13. The SMILES string of the molecule is Cc1nc([C@H]2CCCN(C(=O)[C@@H]3CCCCN3C(C)C)C2)no1. The van der Waals surface area contributed by atoms with Gasteiger partial charge in [-0.15, -0.1) is 0 Å². The Morgan fingerprint density at radius 3 is 2.74 bits per heavy atom. The fraction of sp³-hybridized carbons (Fsp3) is 0.824. The normalized spacial score (nSPS) is 26.7. The molecule has 3 heterocycles. The molecule has 1 amide bonds. The fourth-order valence-corrected chi connectivity index (χ4v) is 3.92. The summed E-state index contributed by atoms with van der Waals surface area (Å²) in [5.41, 5.74) is 0. The van der Waals surface area contributed by atoms with Crippen LogP contribution in [0.4, 0.5) is 0 Å². The molecule has 23 heavy (non-hydrogen) atoms. The van der Waals surface area contributed by atoms with Gasteiger partial charge in [-0.05, 0) is 46.1 Å². The summed E-state index contributed by atoms with van der Waals surface area (Å²) in [6, 6.07) is 0.471. The number of aromatic nitrogens is 2. The largest absolute Gasteiger partial charge is 0.341 e. The second-order valence-corrected chi connectivity index (χ2v) is 7.14. The first-order valence-electron chi connectivity index (χ1n) is 8.91. The minimum atomic E-state index is 0.0505. The molecule has 0 aromatic carbocycles. The maximum Gasteiger partial charge on any atom is 0.239 e. The van der Waals surface area contributed by atoms with Gasteiger partial charge in [0.25, 0.3) is 0 Å². The number of rotatable bonds is 3. The summed E-state index contributed by atoms with van der Waals surface area (Å²) in [6.45, 7) is 8.80. The summed E-state index contributed by atoms with van der Waals surface area (Å²) in [5, 5.41) is 4.05. The molecule has 1 aromatic heterocycles. The van der Waals surface area contributed by atoms with E-state index in [1.807, 2.05) is 11.8 Å². The lowest BCUT2D eigenvalue weighted by atomic mass is 9.94. The van der Waals surface area contributed by atoms with Crippen molar-refractivity contribution >= 4 is 5.91 Å². The fourth-order valence-electron chi connectivity index (χ4n) is 3.92. The number of likely N-dealkylation sites (tertiary alicyclic amines) is 2. The molecule has 0 spiro atoms. The van der Waals surface area contributed by atoms with Crippen molar-refractivity contribution in [3.63, 3.8) is 0 Å². The van der Waals surface area contributed by atoms with Crippen LogP contribution in [0, 0.1) is 6.92 Å². The average Bonchev–Trinajstić information content (AvgIpc) is 3.01. The van der Waals surface area contributed by atoms with E-state index in [-0.39, 0.29) is 12.0 Å². The first kappa shape index (κ1) is 16.4. The predicted molar refractivity (Wildman–Crippen MR) is 87.1 cm³/mol. The molecule has 6 heteroatoms. The molecular formula is C17H28N4O2. The van der Waals surface area contributed by atoms with Gasteiger partial charge < -0.3 is 9.42 Å². The Morgan fingerprint density at radius 1 is 1.22 bits per heavy atom. The van der Waals surface area contributed by atoms with Crippen LogP contribution in [0.2, 0.25) is 0 Å². The van der Waals surface area contributed by atoms with Gasteiger partial charge in [-0.3, -0.25) is 9.69 Å². The van der Waals surface area contributed by atoms with Crippen molar-refractivity contribution in [2.75, 3.05) is 19.6 Å².